The lowest BCUT2D eigenvalue weighted by molar-refractivity contribution is 0.138. The molecule has 0 saturated carbocycles. The Kier molecular flexibility index (Phi) is 8.22. The predicted molar refractivity (Wildman–Crippen MR) is 145 cm³/mol. The number of halogens is 2. The lowest BCUT2D eigenvalue weighted by Gasteiger charge is -2.35. The van der Waals surface area contributed by atoms with Crippen LogP contribution in [0.1, 0.15) is 28.2 Å². The van der Waals surface area contributed by atoms with Crippen molar-refractivity contribution in [3.63, 3.8) is 0 Å². The van der Waals surface area contributed by atoms with Crippen LogP contribution in [0.4, 0.5) is 4.79 Å². The van der Waals surface area contributed by atoms with Crippen LogP contribution in [-0.2, 0) is 16.6 Å². The van der Waals surface area contributed by atoms with E-state index in [9.17, 15) is 13.2 Å². The Hall–Kier alpha value is -1.84. The van der Waals surface area contributed by atoms with Crippen LogP contribution >= 0.6 is 23.2 Å². The quantitative estimate of drug-likeness (QED) is 0.557. The number of carbonyl (C=O) groups excluding carboxylic acids is 1. The zero-order valence-corrected chi connectivity index (χ0v) is 23.6. The van der Waals surface area contributed by atoms with Gasteiger partial charge in [-0.25, -0.2) is 13.2 Å². The van der Waals surface area contributed by atoms with Gasteiger partial charge in [-0.15, -0.1) is 0 Å². The molecule has 2 amide bonds. The molecule has 0 N–H and O–H groups in total. The first-order chi connectivity index (χ1) is 16.9. The van der Waals surface area contributed by atoms with Crippen molar-refractivity contribution in [3.05, 3.63) is 68.7 Å². The first-order valence-corrected chi connectivity index (χ1v) is 14.7. The lowest BCUT2D eigenvalue weighted by Crippen LogP contribution is -2.53. The molecular weight excluding hydrogens is 519 g/mol. The van der Waals surface area contributed by atoms with E-state index in [1.54, 1.807) is 4.90 Å². The molecule has 2 saturated heterocycles. The summed E-state index contributed by atoms with van der Waals surface area (Å²) in [5.74, 6) is 0.0672. The third kappa shape index (κ3) is 6.00. The number of benzene rings is 2. The second-order valence-electron chi connectivity index (χ2n) is 10.0. The van der Waals surface area contributed by atoms with Gasteiger partial charge in [-0.2, -0.15) is 4.31 Å². The SMILES string of the molecule is Cc1ccc(CN(C)C2CN(C(=O)N3CCN(S(C)(=O)=O)CC3)CC2c2ccc(Cl)c(Cl)c2)cc1C. The molecule has 0 spiro atoms. The summed E-state index contributed by atoms with van der Waals surface area (Å²) in [5.41, 5.74) is 4.82. The Morgan fingerprint density at radius 3 is 2.25 bits per heavy atom. The molecule has 10 heteroatoms. The van der Waals surface area contributed by atoms with Crippen LogP contribution in [0.5, 0.6) is 0 Å². The van der Waals surface area contributed by atoms with Crippen molar-refractivity contribution < 1.29 is 13.2 Å². The van der Waals surface area contributed by atoms with Crippen LogP contribution in [0.3, 0.4) is 0 Å². The van der Waals surface area contributed by atoms with Crippen molar-refractivity contribution in [2.75, 3.05) is 52.6 Å². The zero-order chi connectivity index (χ0) is 26.2. The van der Waals surface area contributed by atoms with Crippen molar-refractivity contribution in [2.45, 2.75) is 32.4 Å². The van der Waals surface area contributed by atoms with Crippen LogP contribution in [0.15, 0.2) is 36.4 Å². The Balaban J connectivity index is 1.53. The maximum atomic E-state index is 13.5. The van der Waals surface area contributed by atoms with Gasteiger partial charge >= 0.3 is 6.03 Å². The lowest BCUT2D eigenvalue weighted by atomic mass is 9.93. The van der Waals surface area contributed by atoms with Crippen molar-refractivity contribution in [2.24, 2.45) is 0 Å². The molecule has 196 valence electrons. The molecule has 2 aromatic carbocycles. The summed E-state index contributed by atoms with van der Waals surface area (Å²) in [6.07, 6.45) is 1.21. The number of nitrogens with zero attached hydrogens (tertiary/aromatic N) is 4. The molecule has 2 fully saturated rings. The molecule has 4 rings (SSSR count). The summed E-state index contributed by atoms with van der Waals surface area (Å²) in [7, 11) is -1.15. The molecule has 0 bridgehead atoms. The molecule has 2 atom stereocenters. The molecule has 36 heavy (non-hydrogen) atoms. The number of hydrogen-bond donors (Lipinski definition) is 0. The predicted octanol–water partition coefficient (Wildman–Crippen LogP) is 4.21. The number of hydrogen-bond acceptors (Lipinski definition) is 4. The van der Waals surface area contributed by atoms with Gasteiger partial charge in [0.1, 0.15) is 0 Å². The Bertz CT molecular complexity index is 1230. The van der Waals surface area contributed by atoms with Gasteiger partial charge in [-0.05, 0) is 55.3 Å². The van der Waals surface area contributed by atoms with E-state index in [1.807, 2.05) is 23.1 Å². The number of carbonyl (C=O) groups is 1. The number of urea groups is 1. The van der Waals surface area contributed by atoms with Gasteiger partial charge in [0.25, 0.3) is 0 Å². The normalized spacial score (nSPS) is 21.4. The molecule has 2 unspecified atom stereocenters. The average Bonchev–Trinajstić information content (AvgIpc) is 3.28. The van der Waals surface area contributed by atoms with E-state index in [2.05, 4.69) is 44.0 Å². The maximum absolute atomic E-state index is 13.5. The largest absolute Gasteiger partial charge is 0.322 e. The summed E-state index contributed by atoms with van der Waals surface area (Å²) in [6.45, 7) is 7.57. The second kappa shape index (κ2) is 10.9. The van der Waals surface area contributed by atoms with E-state index in [0.717, 1.165) is 12.1 Å². The van der Waals surface area contributed by atoms with Crippen molar-refractivity contribution in [1.82, 2.24) is 19.0 Å². The summed E-state index contributed by atoms with van der Waals surface area (Å²) in [4.78, 5) is 19.4. The van der Waals surface area contributed by atoms with E-state index in [4.69, 9.17) is 23.2 Å². The minimum atomic E-state index is -3.25. The standard InChI is InChI=1S/C26H34Cl2N4O3S/c1-18-5-6-20(13-19(18)2)15-29(3)25-17-31(16-22(25)21-7-8-23(27)24(28)14-21)26(33)30-9-11-32(12-10-30)36(4,34)35/h5-8,13-14,22,25H,9-12,15-17H2,1-4H3. The van der Waals surface area contributed by atoms with Crippen molar-refractivity contribution >= 4 is 39.3 Å². The number of likely N-dealkylation sites (tertiary alicyclic amines) is 1. The minimum absolute atomic E-state index is 0.0460. The number of sulfonamides is 1. The smallest absolute Gasteiger partial charge is 0.320 e. The molecule has 2 aliphatic heterocycles. The van der Waals surface area contributed by atoms with Crippen LogP contribution < -0.4 is 0 Å². The first kappa shape index (κ1) is 27.2. The van der Waals surface area contributed by atoms with Crippen LogP contribution in [0.2, 0.25) is 10.0 Å². The fourth-order valence-electron chi connectivity index (χ4n) is 5.18. The van der Waals surface area contributed by atoms with E-state index in [0.29, 0.717) is 49.3 Å². The molecule has 0 aromatic heterocycles. The van der Waals surface area contributed by atoms with Crippen LogP contribution in [0.25, 0.3) is 0 Å². The highest BCUT2D eigenvalue weighted by Gasteiger charge is 2.40. The van der Waals surface area contributed by atoms with E-state index in [-0.39, 0.29) is 18.0 Å². The first-order valence-electron chi connectivity index (χ1n) is 12.1. The van der Waals surface area contributed by atoms with Crippen molar-refractivity contribution in [1.29, 1.82) is 0 Å². The number of piperazine rings is 1. The topological polar surface area (TPSA) is 64.2 Å². The third-order valence-corrected chi connectivity index (χ3v) is 9.52. The van der Waals surface area contributed by atoms with Gasteiger partial charge in [0.2, 0.25) is 10.0 Å². The van der Waals surface area contributed by atoms with E-state index in [1.165, 1.54) is 27.3 Å². The van der Waals surface area contributed by atoms with Gasteiger partial charge in [0.15, 0.2) is 0 Å². The maximum Gasteiger partial charge on any atom is 0.320 e. The third-order valence-electron chi connectivity index (χ3n) is 7.48. The summed E-state index contributed by atoms with van der Waals surface area (Å²) in [5, 5.41) is 1.02. The molecule has 2 aromatic rings. The summed E-state index contributed by atoms with van der Waals surface area (Å²) < 4.78 is 25.2. The summed E-state index contributed by atoms with van der Waals surface area (Å²) in [6, 6.07) is 12.3. The van der Waals surface area contributed by atoms with Gasteiger partial charge < -0.3 is 9.80 Å². The Labute approximate surface area is 224 Å². The molecule has 2 aliphatic rings. The zero-order valence-electron chi connectivity index (χ0n) is 21.2. The minimum Gasteiger partial charge on any atom is -0.322 e. The molecular formula is C26H34Cl2N4O3S. The second-order valence-corrected chi connectivity index (χ2v) is 12.8. The number of aryl methyl sites for hydroxylation is 2. The fourth-order valence-corrected chi connectivity index (χ4v) is 6.31. The van der Waals surface area contributed by atoms with E-state index >= 15 is 0 Å². The highest BCUT2D eigenvalue weighted by molar-refractivity contribution is 7.88. The van der Waals surface area contributed by atoms with Crippen LogP contribution in [0, 0.1) is 13.8 Å². The summed E-state index contributed by atoms with van der Waals surface area (Å²) >= 11 is 12.5. The van der Waals surface area contributed by atoms with Gasteiger partial charge in [0.05, 0.1) is 16.3 Å². The van der Waals surface area contributed by atoms with Crippen LogP contribution in [-0.4, -0.2) is 92.1 Å². The van der Waals surface area contributed by atoms with Gasteiger partial charge in [-0.1, -0.05) is 47.5 Å². The fraction of sp³-hybridized carbons (Fsp3) is 0.500. The molecule has 7 nitrogen and oxygen atoms in total. The molecule has 2 heterocycles. The average molecular weight is 554 g/mol. The van der Waals surface area contributed by atoms with E-state index < -0.39 is 10.0 Å². The highest BCUT2D eigenvalue weighted by atomic mass is 35.5. The Morgan fingerprint density at radius 2 is 1.64 bits per heavy atom. The van der Waals surface area contributed by atoms with Crippen molar-refractivity contribution in [3.8, 4) is 0 Å². The number of rotatable bonds is 5. The van der Waals surface area contributed by atoms with Gasteiger partial charge in [-0.3, -0.25) is 4.90 Å². The monoisotopic (exact) mass is 552 g/mol. The van der Waals surface area contributed by atoms with Gasteiger partial charge in [0, 0.05) is 57.8 Å². The number of amides is 2. The number of likely N-dealkylation sites (N-methyl/N-ethyl adjacent to an activating group) is 1. The highest BCUT2D eigenvalue weighted by Crippen LogP contribution is 2.35. The molecule has 0 radical (unpaired) electrons. The Morgan fingerprint density at radius 1 is 0.944 bits per heavy atom. The molecule has 0 aliphatic carbocycles.